The molecule has 3 aromatic rings. The third-order valence-corrected chi connectivity index (χ3v) is 3.50. The maximum atomic E-state index is 9.40. The van der Waals surface area contributed by atoms with Gasteiger partial charge >= 0.3 is 0 Å². The third kappa shape index (κ3) is 2.72. The molecule has 0 aliphatic rings. The van der Waals surface area contributed by atoms with Crippen molar-refractivity contribution in [3.8, 4) is 33.8 Å². The van der Waals surface area contributed by atoms with Gasteiger partial charge in [0.15, 0.2) is 0 Å². The van der Waals surface area contributed by atoms with Crippen molar-refractivity contribution >= 4 is 5.82 Å². The summed E-state index contributed by atoms with van der Waals surface area (Å²) in [6, 6.07) is 16.7. The van der Waals surface area contributed by atoms with Crippen molar-refractivity contribution in [1.29, 1.82) is 0 Å². The summed E-state index contributed by atoms with van der Waals surface area (Å²) >= 11 is 0. The van der Waals surface area contributed by atoms with E-state index in [9.17, 15) is 5.11 Å². The first-order valence-electron chi connectivity index (χ1n) is 6.87. The fourth-order valence-electron chi connectivity index (χ4n) is 2.31. The maximum Gasteiger partial charge on any atom is 0.131 e. The topological polar surface area (TPSA) is 68.4 Å². The molecule has 0 fully saturated rings. The highest BCUT2D eigenvalue weighted by Gasteiger charge is 2.08. The minimum atomic E-state index is 0.222. The summed E-state index contributed by atoms with van der Waals surface area (Å²) in [5.74, 6) is 1.47. The standard InChI is InChI=1S/C18H16N2O2/c1-22-16-4-2-3-13(9-16)14-10-17(18(19)20-11-14)12-5-7-15(21)8-6-12/h2-11,21H,1H3,(H2,19,20). The number of aromatic nitrogens is 1. The van der Waals surface area contributed by atoms with Crippen molar-refractivity contribution in [2.75, 3.05) is 12.8 Å². The Balaban J connectivity index is 2.07. The fourth-order valence-corrected chi connectivity index (χ4v) is 2.31. The first-order valence-corrected chi connectivity index (χ1v) is 6.87. The molecule has 4 heteroatoms. The van der Waals surface area contributed by atoms with Crippen molar-refractivity contribution in [1.82, 2.24) is 4.98 Å². The minimum absolute atomic E-state index is 0.222. The van der Waals surface area contributed by atoms with E-state index in [1.54, 1.807) is 25.4 Å². The number of pyridine rings is 1. The van der Waals surface area contributed by atoms with E-state index < -0.39 is 0 Å². The predicted octanol–water partition coefficient (Wildman–Crippen LogP) is 3.71. The van der Waals surface area contributed by atoms with E-state index in [1.165, 1.54) is 0 Å². The number of nitrogen functional groups attached to an aromatic ring is 1. The molecule has 1 aromatic heterocycles. The quantitative estimate of drug-likeness (QED) is 0.772. The van der Waals surface area contributed by atoms with Crippen LogP contribution in [0.5, 0.6) is 11.5 Å². The Morgan fingerprint density at radius 3 is 2.45 bits per heavy atom. The molecule has 110 valence electrons. The Kier molecular flexibility index (Phi) is 3.66. The lowest BCUT2D eigenvalue weighted by atomic mass is 10.0. The van der Waals surface area contributed by atoms with Gasteiger partial charge in [0.2, 0.25) is 0 Å². The molecule has 0 spiro atoms. The molecule has 0 saturated heterocycles. The van der Waals surface area contributed by atoms with Crippen molar-refractivity contribution in [2.45, 2.75) is 0 Å². The van der Waals surface area contributed by atoms with Crippen LogP contribution in [-0.2, 0) is 0 Å². The molecule has 0 radical (unpaired) electrons. The molecular formula is C18H16N2O2. The second kappa shape index (κ2) is 5.77. The van der Waals surface area contributed by atoms with Gasteiger partial charge in [0.25, 0.3) is 0 Å². The minimum Gasteiger partial charge on any atom is -0.508 e. The number of hydrogen-bond donors (Lipinski definition) is 2. The van der Waals surface area contributed by atoms with Gasteiger partial charge in [-0.05, 0) is 41.5 Å². The van der Waals surface area contributed by atoms with E-state index in [1.807, 2.05) is 42.5 Å². The summed E-state index contributed by atoms with van der Waals surface area (Å²) in [4.78, 5) is 4.28. The Labute approximate surface area is 128 Å². The van der Waals surface area contributed by atoms with E-state index in [-0.39, 0.29) is 5.75 Å². The molecule has 3 rings (SSSR count). The van der Waals surface area contributed by atoms with Crippen LogP contribution >= 0.6 is 0 Å². The van der Waals surface area contributed by atoms with Gasteiger partial charge in [-0.2, -0.15) is 0 Å². The molecule has 1 heterocycles. The number of nitrogens with zero attached hydrogens (tertiary/aromatic N) is 1. The highest BCUT2D eigenvalue weighted by molar-refractivity contribution is 5.79. The number of benzene rings is 2. The van der Waals surface area contributed by atoms with E-state index in [0.29, 0.717) is 5.82 Å². The van der Waals surface area contributed by atoms with Crippen LogP contribution in [0.3, 0.4) is 0 Å². The molecule has 0 aliphatic heterocycles. The van der Waals surface area contributed by atoms with Crippen molar-refractivity contribution < 1.29 is 9.84 Å². The lowest BCUT2D eigenvalue weighted by molar-refractivity contribution is 0.415. The van der Waals surface area contributed by atoms with Crippen molar-refractivity contribution in [3.63, 3.8) is 0 Å². The predicted molar refractivity (Wildman–Crippen MR) is 87.7 cm³/mol. The zero-order valence-electron chi connectivity index (χ0n) is 12.2. The SMILES string of the molecule is COc1cccc(-c2cnc(N)c(-c3ccc(O)cc3)c2)c1. The van der Waals surface area contributed by atoms with Crippen LogP contribution in [0, 0.1) is 0 Å². The van der Waals surface area contributed by atoms with Gasteiger partial charge in [-0.3, -0.25) is 0 Å². The van der Waals surface area contributed by atoms with E-state index >= 15 is 0 Å². The highest BCUT2D eigenvalue weighted by Crippen LogP contribution is 2.31. The summed E-state index contributed by atoms with van der Waals surface area (Å²) in [7, 11) is 1.64. The zero-order valence-corrected chi connectivity index (χ0v) is 12.2. The molecule has 22 heavy (non-hydrogen) atoms. The highest BCUT2D eigenvalue weighted by atomic mass is 16.5. The van der Waals surface area contributed by atoms with Gasteiger partial charge < -0.3 is 15.6 Å². The van der Waals surface area contributed by atoms with Crippen molar-refractivity contribution in [2.24, 2.45) is 0 Å². The molecule has 0 saturated carbocycles. The number of aromatic hydroxyl groups is 1. The van der Waals surface area contributed by atoms with Crippen LogP contribution in [-0.4, -0.2) is 17.2 Å². The smallest absolute Gasteiger partial charge is 0.131 e. The zero-order chi connectivity index (χ0) is 15.5. The summed E-state index contributed by atoms with van der Waals surface area (Å²) in [6.07, 6.45) is 1.74. The van der Waals surface area contributed by atoms with E-state index in [2.05, 4.69) is 4.98 Å². The average Bonchev–Trinajstić information content (AvgIpc) is 2.56. The number of anilines is 1. The van der Waals surface area contributed by atoms with Crippen LogP contribution in [0.15, 0.2) is 60.8 Å². The lowest BCUT2D eigenvalue weighted by Gasteiger charge is -2.09. The van der Waals surface area contributed by atoms with Gasteiger partial charge in [0, 0.05) is 17.3 Å². The third-order valence-electron chi connectivity index (χ3n) is 3.50. The first-order chi connectivity index (χ1) is 10.7. The second-order valence-electron chi connectivity index (χ2n) is 4.94. The molecule has 0 unspecified atom stereocenters. The first kappa shape index (κ1) is 13.9. The van der Waals surface area contributed by atoms with Gasteiger partial charge in [0.1, 0.15) is 17.3 Å². The second-order valence-corrected chi connectivity index (χ2v) is 4.94. The van der Waals surface area contributed by atoms with Crippen LogP contribution < -0.4 is 10.5 Å². The molecule has 0 bridgehead atoms. The number of hydrogen-bond acceptors (Lipinski definition) is 4. The van der Waals surface area contributed by atoms with Gasteiger partial charge in [0.05, 0.1) is 7.11 Å². The van der Waals surface area contributed by atoms with Gasteiger partial charge in [-0.25, -0.2) is 4.98 Å². The van der Waals surface area contributed by atoms with Crippen LogP contribution in [0.4, 0.5) is 5.82 Å². The molecule has 0 aliphatic carbocycles. The molecule has 3 N–H and O–H groups in total. The number of rotatable bonds is 3. The summed E-state index contributed by atoms with van der Waals surface area (Å²) in [5.41, 5.74) is 9.70. The fraction of sp³-hybridized carbons (Fsp3) is 0.0556. The molecular weight excluding hydrogens is 276 g/mol. The van der Waals surface area contributed by atoms with Crippen LogP contribution in [0.1, 0.15) is 0 Å². The Morgan fingerprint density at radius 2 is 1.73 bits per heavy atom. The Bertz CT molecular complexity index is 798. The van der Waals surface area contributed by atoms with Gasteiger partial charge in [-0.15, -0.1) is 0 Å². The molecule has 4 nitrogen and oxygen atoms in total. The van der Waals surface area contributed by atoms with Crippen LogP contribution in [0.2, 0.25) is 0 Å². The number of phenols is 1. The maximum absolute atomic E-state index is 9.40. The van der Waals surface area contributed by atoms with Crippen molar-refractivity contribution in [3.05, 3.63) is 60.8 Å². The van der Waals surface area contributed by atoms with Crippen LogP contribution in [0.25, 0.3) is 22.3 Å². The van der Waals surface area contributed by atoms with Gasteiger partial charge in [-0.1, -0.05) is 24.3 Å². The molecule has 0 amide bonds. The normalized spacial score (nSPS) is 10.4. The summed E-state index contributed by atoms with van der Waals surface area (Å²) in [5, 5.41) is 9.40. The van der Waals surface area contributed by atoms with E-state index in [0.717, 1.165) is 28.0 Å². The summed E-state index contributed by atoms with van der Waals surface area (Å²) < 4.78 is 5.26. The summed E-state index contributed by atoms with van der Waals surface area (Å²) in [6.45, 7) is 0. The number of ether oxygens (including phenoxy) is 1. The number of nitrogens with two attached hydrogens (primary N) is 1. The molecule has 2 aromatic carbocycles. The Hall–Kier alpha value is -3.01. The number of methoxy groups -OCH3 is 1. The Morgan fingerprint density at radius 1 is 0.955 bits per heavy atom. The largest absolute Gasteiger partial charge is 0.508 e. The lowest BCUT2D eigenvalue weighted by Crippen LogP contribution is -1.95. The number of phenolic OH excluding ortho intramolecular Hbond substituents is 1. The average molecular weight is 292 g/mol. The van der Waals surface area contributed by atoms with E-state index in [4.69, 9.17) is 10.5 Å². The monoisotopic (exact) mass is 292 g/mol. The molecule has 0 atom stereocenters.